The molecule has 0 spiro atoms. The lowest BCUT2D eigenvalue weighted by atomic mass is 9.90. The van der Waals surface area contributed by atoms with Crippen molar-refractivity contribution in [3.8, 4) is 11.3 Å². The van der Waals surface area contributed by atoms with Crippen molar-refractivity contribution in [1.82, 2.24) is 0 Å². The van der Waals surface area contributed by atoms with Crippen LogP contribution in [0.4, 0.5) is 0 Å². The van der Waals surface area contributed by atoms with Crippen LogP contribution in [0.1, 0.15) is 34.3 Å². The van der Waals surface area contributed by atoms with E-state index in [1.165, 1.54) is 24.0 Å². The molecule has 1 heterocycles. The smallest absolute Gasteiger partial charge is 0.194 e. The van der Waals surface area contributed by atoms with E-state index in [9.17, 15) is 4.79 Å². The SMILES string of the molecule is O=Cc1cc(Cl)oc1-c1ccc2c(c1)CCCC2. The molecule has 0 N–H and O–H groups in total. The molecule has 1 aliphatic carbocycles. The quantitative estimate of drug-likeness (QED) is 0.754. The van der Waals surface area contributed by atoms with Crippen LogP contribution in [-0.4, -0.2) is 6.29 Å². The van der Waals surface area contributed by atoms with Crippen molar-refractivity contribution in [1.29, 1.82) is 0 Å². The minimum atomic E-state index is 0.254. The highest BCUT2D eigenvalue weighted by atomic mass is 35.5. The van der Waals surface area contributed by atoms with Crippen molar-refractivity contribution >= 4 is 17.9 Å². The predicted molar refractivity (Wildman–Crippen MR) is 71.2 cm³/mol. The van der Waals surface area contributed by atoms with Crippen molar-refractivity contribution in [2.75, 3.05) is 0 Å². The first kappa shape index (κ1) is 11.5. The molecule has 0 saturated heterocycles. The van der Waals surface area contributed by atoms with Crippen LogP contribution in [-0.2, 0) is 12.8 Å². The van der Waals surface area contributed by atoms with Gasteiger partial charge in [0.05, 0.1) is 5.56 Å². The fourth-order valence-electron chi connectivity index (χ4n) is 2.56. The number of carbonyl (C=O) groups is 1. The molecule has 2 aromatic rings. The van der Waals surface area contributed by atoms with Crippen molar-refractivity contribution in [3.63, 3.8) is 0 Å². The second kappa shape index (κ2) is 4.62. The third kappa shape index (κ3) is 1.97. The second-order valence-electron chi connectivity index (χ2n) is 4.64. The second-order valence-corrected chi connectivity index (χ2v) is 5.02. The number of halogens is 1. The maximum absolute atomic E-state index is 11.0. The molecule has 1 aromatic heterocycles. The van der Waals surface area contributed by atoms with E-state index >= 15 is 0 Å². The molecule has 0 unspecified atom stereocenters. The van der Waals surface area contributed by atoms with Gasteiger partial charge in [-0.1, -0.05) is 12.1 Å². The molecule has 0 fully saturated rings. The summed E-state index contributed by atoms with van der Waals surface area (Å²) in [7, 11) is 0. The maximum atomic E-state index is 11.0. The van der Waals surface area contributed by atoms with Gasteiger partial charge in [-0.3, -0.25) is 4.79 Å². The first-order valence-electron chi connectivity index (χ1n) is 6.14. The van der Waals surface area contributed by atoms with Crippen molar-refractivity contribution in [2.45, 2.75) is 25.7 Å². The van der Waals surface area contributed by atoms with E-state index in [1.807, 2.05) is 6.07 Å². The van der Waals surface area contributed by atoms with Crippen LogP contribution in [0.5, 0.6) is 0 Å². The Bertz CT molecular complexity index is 599. The number of furan rings is 1. The highest BCUT2D eigenvalue weighted by molar-refractivity contribution is 6.29. The molecule has 0 atom stereocenters. The molecule has 1 aliphatic rings. The number of benzene rings is 1. The fourth-order valence-corrected chi connectivity index (χ4v) is 2.76. The summed E-state index contributed by atoms with van der Waals surface area (Å²) in [5, 5.41) is 0.254. The lowest BCUT2D eigenvalue weighted by Crippen LogP contribution is -2.02. The van der Waals surface area contributed by atoms with E-state index in [2.05, 4.69) is 12.1 Å². The number of hydrogen-bond donors (Lipinski definition) is 0. The van der Waals surface area contributed by atoms with E-state index in [-0.39, 0.29) is 5.22 Å². The number of hydrogen-bond acceptors (Lipinski definition) is 2. The predicted octanol–water partition coefficient (Wildman–Crippen LogP) is 4.29. The van der Waals surface area contributed by atoms with E-state index in [4.69, 9.17) is 16.0 Å². The summed E-state index contributed by atoms with van der Waals surface area (Å²) in [6, 6.07) is 7.82. The molecule has 18 heavy (non-hydrogen) atoms. The summed E-state index contributed by atoms with van der Waals surface area (Å²) in [4.78, 5) is 11.0. The van der Waals surface area contributed by atoms with Gasteiger partial charge in [0, 0.05) is 11.6 Å². The maximum Gasteiger partial charge on any atom is 0.194 e. The molecule has 0 aliphatic heterocycles. The number of aryl methyl sites for hydroxylation is 2. The van der Waals surface area contributed by atoms with Crippen LogP contribution in [0.2, 0.25) is 5.22 Å². The summed E-state index contributed by atoms with van der Waals surface area (Å²) in [5.41, 5.74) is 4.22. The summed E-state index contributed by atoms with van der Waals surface area (Å²) in [6.45, 7) is 0. The third-order valence-corrected chi connectivity index (χ3v) is 3.65. The summed E-state index contributed by atoms with van der Waals surface area (Å²) < 4.78 is 5.42. The van der Waals surface area contributed by atoms with Gasteiger partial charge < -0.3 is 4.42 Å². The van der Waals surface area contributed by atoms with Crippen molar-refractivity contribution < 1.29 is 9.21 Å². The van der Waals surface area contributed by atoms with Gasteiger partial charge in [0.1, 0.15) is 5.76 Å². The highest BCUT2D eigenvalue weighted by Crippen LogP contribution is 2.32. The first-order valence-corrected chi connectivity index (χ1v) is 6.52. The molecule has 92 valence electrons. The average molecular weight is 261 g/mol. The standard InChI is InChI=1S/C15H13ClO2/c16-14-8-13(9-17)15(18-14)12-6-5-10-3-1-2-4-11(10)7-12/h5-9H,1-4H2. The molecule has 1 aromatic carbocycles. The molecule has 0 radical (unpaired) electrons. The Morgan fingerprint density at radius 2 is 1.89 bits per heavy atom. The van der Waals surface area contributed by atoms with E-state index in [0.717, 1.165) is 24.7 Å². The van der Waals surface area contributed by atoms with Crippen molar-refractivity contribution in [2.24, 2.45) is 0 Å². The van der Waals surface area contributed by atoms with Gasteiger partial charge in [0.25, 0.3) is 0 Å². The van der Waals surface area contributed by atoms with Gasteiger partial charge in [-0.15, -0.1) is 0 Å². The molecule has 0 bridgehead atoms. The van der Waals surface area contributed by atoms with Crippen LogP contribution in [0.25, 0.3) is 11.3 Å². The molecule has 3 heteroatoms. The van der Waals surface area contributed by atoms with Crippen molar-refractivity contribution in [3.05, 3.63) is 46.2 Å². The van der Waals surface area contributed by atoms with Crippen LogP contribution < -0.4 is 0 Å². The van der Waals surface area contributed by atoms with Gasteiger partial charge in [0.15, 0.2) is 11.5 Å². The van der Waals surface area contributed by atoms with Gasteiger partial charge in [-0.25, -0.2) is 0 Å². The van der Waals surface area contributed by atoms with Crippen LogP contribution in [0.3, 0.4) is 0 Å². The largest absolute Gasteiger partial charge is 0.444 e. The normalized spacial score (nSPS) is 14.3. The zero-order valence-electron chi connectivity index (χ0n) is 9.91. The Kier molecular flexibility index (Phi) is 2.96. The number of aldehydes is 1. The van der Waals surface area contributed by atoms with Crippen LogP contribution in [0.15, 0.2) is 28.7 Å². The number of fused-ring (bicyclic) bond motifs is 1. The van der Waals surface area contributed by atoms with Gasteiger partial charge >= 0.3 is 0 Å². The van der Waals surface area contributed by atoms with Crippen LogP contribution >= 0.6 is 11.6 Å². The Hall–Kier alpha value is -1.54. The highest BCUT2D eigenvalue weighted by Gasteiger charge is 2.15. The minimum Gasteiger partial charge on any atom is -0.444 e. The monoisotopic (exact) mass is 260 g/mol. The van der Waals surface area contributed by atoms with E-state index in [1.54, 1.807) is 6.07 Å². The fraction of sp³-hybridized carbons (Fsp3) is 0.267. The average Bonchev–Trinajstić information content (AvgIpc) is 2.79. The summed E-state index contributed by atoms with van der Waals surface area (Å²) in [6.07, 6.45) is 5.53. The minimum absolute atomic E-state index is 0.254. The Morgan fingerprint density at radius 3 is 2.67 bits per heavy atom. The van der Waals surface area contributed by atoms with E-state index in [0.29, 0.717) is 11.3 Å². The van der Waals surface area contributed by atoms with Gasteiger partial charge in [-0.05, 0) is 54.5 Å². The molecule has 2 nitrogen and oxygen atoms in total. The molecule has 0 amide bonds. The van der Waals surface area contributed by atoms with Gasteiger partial charge in [0.2, 0.25) is 0 Å². The zero-order chi connectivity index (χ0) is 12.5. The number of carbonyl (C=O) groups excluding carboxylic acids is 1. The Labute approximate surface area is 111 Å². The summed E-state index contributed by atoms with van der Waals surface area (Å²) in [5.74, 6) is 0.573. The van der Waals surface area contributed by atoms with Crippen LogP contribution in [0, 0.1) is 0 Å². The summed E-state index contributed by atoms with van der Waals surface area (Å²) >= 11 is 5.81. The first-order chi connectivity index (χ1) is 8.78. The Morgan fingerprint density at radius 1 is 1.11 bits per heavy atom. The topological polar surface area (TPSA) is 30.2 Å². The van der Waals surface area contributed by atoms with Gasteiger partial charge in [-0.2, -0.15) is 0 Å². The lowest BCUT2D eigenvalue weighted by Gasteiger charge is -2.16. The third-order valence-electron chi connectivity index (χ3n) is 3.47. The lowest BCUT2D eigenvalue weighted by molar-refractivity contribution is 0.112. The Balaban J connectivity index is 2.08. The molecule has 0 saturated carbocycles. The molecular weight excluding hydrogens is 248 g/mol. The van der Waals surface area contributed by atoms with E-state index < -0.39 is 0 Å². The molecular formula is C15H13ClO2. The zero-order valence-corrected chi connectivity index (χ0v) is 10.7. The molecule has 3 rings (SSSR count). The number of rotatable bonds is 2.